The number of epoxide rings is 1. The van der Waals surface area contributed by atoms with E-state index < -0.39 is 58.7 Å². The number of rotatable bonds is 1. The maximum absolute atomic E-state index is 13.1. The fraction of sp³-hybridized carbons (Fsp3) is 0.724. The molecule has 0 aromatic rings. The predicted octanol–water partition coefficient (Wildman–Crippen LogP) is 2.39. The molecule has 2 aliphatic carbocycles. The lowest BCUT2D eigenvalue weighted by Crippen LogP contribution is -2.66. The first-order chi connectivity index (χ1) is 18.0. The standard InChI is InChI=1S/C29H40O9/c1-17-9-11-28-15-35-26(33)25(32)18(2)10-12-34-20(19(3)30)7-5-6-8-24(31)38-21-14-23(37-22(28)13-17)29(16-36-29)27(21,28)4/h5-8,13,18-23,25,30,32H,9-12,14-16H2,1-4H3/b7-5-,8-6-/t18-,19-,20-,21+,22-,23-,25+,27-,28-,29+/m1/s1. The number of hydrogen-bond acceptors (Lipinski definition) is 9. The van der Waals surface area contributed by atoms with Gasteiger partial charge >= 0.3 is 11.9 Å². The van der Waals surface area contributed by atoms with Gasteiger partial charge in [-0.05, 0) is 39.0 Å². The van der Waals surface area contributed by atoms with Crippen molar-refractivity contribution < 1.29 is 43.5 Å². The Morgan fingerprint density at radius 2 is 1.92 bits per heavy atom. The Morgan fingerprint density at radius 3 is 2.63 bits per heavy atom. The number of aliphatic hydroxyl groups is 2. The summed E-state index contributed by atoms with van der Waals surface area (Å²) in [5.41, 5.74) is -0.771. The zero-order chi connectivity index (χ0) is 27.3. The van der Waals surface area contributed by atoms with Gasteiger partial charge in [-0.2, -0.15) is 0 Å². The lowest BCUT2D eigenvalue weighted by molar-refractivity contribution is -0.234. The summed E-state index contributed by atoms with van der Waals surface area (Å²) < 4.78 is 30.4. The minimum Gasteiger partial charge on any atom is -0.463 e. The molecule has 9 heteroatoms. The molecule has 5 rings (SSSR count). The van der Waals surface area contributed by atoms with Crippen LogP contribution in [0.25, 0.3) is 0 Å². The Balaban J connectivity index is 1.51. The van der Waals surface area contributed by atoms with Crippen LogP contribution in [0.2, 0.25) is 0 Å². The van der Waals surface area contributed by atoms with Gasteiger partial charge in [0.25, 0.3) is 0 Å². The molecule has 3 fully saturated rings. The van der Waals surface area contributed by atoms with Crippen molar-refractivity contribution in [1.82, 2.24) is 0 Å². The lowest BCUT2D eigenvalue weighted by atomic mass is 9.51. The molecule has 1 saturated carbocycles. The van der Waals surface area contributed by atoms with E-state index in [2.05, 4.69) is 19.9 Å². The summed E-state index contributed by atoms with van der Waals surface area (Å²) in [7, 11) is 0. The van der Waals surface area contributed by atoms with Crippen LogP contribution in [0, 0.1) is 16.7 Å². The second-order valence-electron chi connectivity index (χ2n) is 11.9. The highest BCUT2D eigenvalue weighted by atomic mass is 16.6. The third-order valence-corrected chi connectivity index (χ3v) is 9.73. The Bertz CT molecular complexity index is 1030. The second-order valence-corrected chi connectivity index (χ2v) is 11.9. The van der Waals surface area contributed by atoms with Crippen molar-refractivity contribution in [2.75, 3.05) is 19.8 Å². The number of cyclic esters (lactones) is 1. The molecule has 0 aromatic carbocycles. The molecule has 9 nitrogen and oxygen atoms in total. The molecule has 0 aromatic heterocycles. The zero-order valence-corrected chi connectivity index (χ0v) is 22.6. The molecule has 38 heavy (non-hydrogen) atoms. The molecule has 0 unspecified atom stereocenters. The van der Waals surface area contributed by atoms with Gasteiger partial charge in [-0.3, -0.25) is 0 Å². The van der Waals surface area contributed by atoms with Gasteiger partial charge in [-0.1, -0.05) is 43.7 Å². The molecule has 3 aliphatic heterocycles. The van der Waals surface area contributed by atoms with Crippen molar-refractivity contribution in [3.8, 4) is 0 Å². The maximum atomic E-state index is 13.1. The predicted molar refractivity (Wildman–Crippen MR) is 136 cm³/mol. The Hall–Kier alpha value is -2.04. The molecule has 5 aliphatic rings. The van der Waals surface area contributed by atoms with Crippen LogP contribution in [0.1, 0.15) is 53.4 Å². The molecular formula is C29H40O9. The number of hydrogen-bond donors (Lipinski definition) is 2. The zero-order valence-electron chi connectivity index (χ0n) is 22.6. The van der Waals surface area contributed by atoms with E-state index in [1.165, 1.54) is 11.6 Å². The minimum atomic E-state index is -1.33. The maximum Gasteiger partial charge on any atom is 0.335 e. The molecule has 2 bridgehead atoms. The largest absolute Gasteiger partial charge is 0.463 e. The first kappa shape index (κ1) is 27.5. The van der Waals surface area contributed by atoms with Crippen LogP contribution in [0.5, 0.6) is 0 Å². The van der Waals surface area contributed by atoms with Crippen LogP contribution < -0.4 is 0 Å². The van der Waals surface area contributed by atoms with E-state index in [9.17, 15) is 19.8 Å². The van der Waals surface area contributed by atoms with Crippen molar-refractivity contribution in [2.24, 2.45) is 16.7 Å². The topological polar surface area (TPSA) is 124 Å². The third kappa shape index (κ3) is 4.36. The van der Waals surface area contributed by atoms with Crippen LogP contribution in [0.15, 0.2) is 36.0 Å². The fourth-order valence-electron chi connectivity index (χ4n) is 7.04. The van der Waals surface area contributed by atoms with Gasteiger partial charge in [0.1, 0.15) is 24.4 Å². The second kappa shape index (κ2) is 10.2. The monoisotopic (exact) mass is 532 g/mol. The van der Waals surface area contributed by atoms with Crippen molar-refractivity contribution in [3.63, 3.8) is 0 Å². The number of carbonyl (C=O) groups excluding carboxylic acids is 2. The molecule has 3 heterocycles. The van der Waals surface area contributed by atoms with Crippen molar-refractivity contribution in [3.05, 3.63) is 36.0 Å². The molecule has 2 saturated heterocycles. The van der Waals surface area contributed by atoms with Crippen LogP contribution in [-0.4, -0.2) is 84.2 Å². The number of allylic oxidation sites excluding steroid dienone is 3. The van der Waals surface area contributed by atoms with Gasteiger partial charge in [0.2, 0.25) is 0 Å². The van der Waals surface area contributed by atoms with E-state index in [4.69, 9.17) is 23.7 Å². The van der Waals surface area contributed by atoms with E-state index in [-0.39, 0.29) is 25.4 Å². The van der Waals surface area contributed by atoms with Crippen molar-refractivity contribution in [1.29, 1.82) is 0 Å². The van der Waals surface area contributed by atoms with Crippen LogP contribution in [0.4, 0.5) is 0 Å². The van der Waals surface area contributed by atoms with E-state index >= 15 is 0 Å². The van der Waals surface area contributed by atoms with E-state index in [1.54, 1.807) is 32.1 Å². The van der Waals surface area contributed by atoms with Gasteiger partial charge < -0.3 is 33.9 Å². The summed E-state index contributed by atoms with van der Waals surface area (Å²) in [6.45, 7) is 8.27. The average molecular weight is 533 g/mol. The van der Waals surface area contributed by atoms with E-state index in [0.29, 0.717) is 25.9 Å². The van der Waals surface area contributed by atoms with Gasteiger partial charge in [0, 0.05) is 24.5 Å². The van der Waals surface area contributed by atoms with Crippen molar-refractivity contribution in [2.45, 2.75) is 95.6 Å². The summed E-state index contributed by atoms with van der Waals surface area (Å²) in [6.07, 6.45) is 6.89. The normalized spacial score (nSPS) is 48.0. The highest BCUT2D eigenvalue weighted by Gasteiger charge is 2.83. The Morgan fingerprint density at radius 1 is 1.16 bits per heavy atom. The minimum absolute atomic E-state index is 0.0195. The van der Waals surface area contributed by atoms with E-state index in [0.717, 1.165) is 6.42 Å². The first-order valence-electron chi connectivity index (χ1n) is 13.7. The molecule has 2 spiro atoms. The third-order valence-electron chi connectivity index (χ3n) is 9.73. The quantitative estimate of drug-likeness (QED) is 0.298. The van der Waals surface area contributed by atoms with Gasteiger partial charge in [0.05, 0.1) is 30.3 Å². The number of ether oxygens (including phenoxy) is 5. The summed E-state index contributed by atoms with van der Waals surface area (Å²) in [4.78, 5) is 26.0. The summed E-state index contributed by atoms with van der Waals surface area (Å²) >= 11 is 0. The average Bonchev–Trinajstić information content (AvgIpc) is 3.65. The highest BCUT2D eigenvalue weighted by molar-refractivity contribution is 5.82. The fourth-order valence-corrected chi connectivity index (χ4v) is 7.04. The number of esters is 2. The van der Waals surface area contributed by atoms with E-state index in [1.807, 2.05) is 0 Å². The number of aliphatic hydroxyl groups excluding tert-OH is 2. The molecule has 0 amide bonds. The lowest BCUT2D eigenvalue weighted by Gasteiger charge is -2.58. The van der Waals surface area contributed by atoms with Crippen LogP contribution in [0.3, 0.4) is 0 Å². The van der Waals surface area contributed by atoms with Crippen molar-refractivity contribution >= 4 is 11.9 Å². The SMILES string of the molecule is CC1=C[C@H]2O[C@@H]3C[C@@H]4OC(=O)/C=C\C=C/[C@H]([C@@H](C)O)OCC[C@@H](C)[C@H](O)C(=O)OC[C@@]2(CC1)[C@]4(C)[C@]31CO1. The molecular weight excluding hydrogens is 492 g/mol. The molecule has 0 radical (unpaired) electrons. The Kier molecular flexibility index (Phi) is 7.37. The van der Waals surface area contributed by atoms with Crippen LogP contribution in [-0.2, 0) is 33.3 Å². The summed E-state index contributed by atoms with van der Waals surface area (Å²) in [6, 6.07) is 0. The van der Waals surface area contributed by atoms with Gasteiger partial charge in [-0.25, -0.2) is 9.59 Å². The first-order valence-corrected chi connectivity index (χ1v) is 13.7. The number of carbonyl (C=O) groups is 2. The summed E-state index contributed by atoms with van der Waals surface area (Å²) in [5.74, 6) is -1.60. The molecule has 210 valence electrons. The Labute approximate surface area is 223 Å². The molecule has 10 atom stereocenters. The highest BCUT2D eigenvalue weighted by Crippen LogP contribution is 2.72. The van der Waals surface area contributed by atoms with Gasteiger partial charge in [-0.15, -0.1) is 0 Å². The van der Waals surface area contributed by atoms with Crippen LogP contribution >= 0.6 is 0 Å². The molecule has 2 N–H and O–H groups in total. The smallest absolute Gasteiger partial charge is 0.335 e. The summed E-state index contributed by atoms with van der Waals surface area (Å²) in [5, 5.41) is 20.8. The van der Waals surface area contributed by atoms with Gasteiger partial charge in [0.15, 0.2) is 6.10 Å².